The van der Waals surface area contributed by atoms with E-state index in [0.717, 1.165) is 29.3 Å². The van der Waals surface area contributed by atoms with Crippen molar-refractivity contribution in [1.82, 2.24) is 0 Å². The molecule has 0 amide bonds. The summed E-state index contributed by atoms with van der Waals surface area (Å²) in [6, 6.07) is 9.99. The summed E-state index contributed by atoms with van der Waals surface area (Å²) in [7, 11) is 1.66. The van der Waals surface area contributed by atoms with Gasteiger partial charge < -0.3 is 9.15 Å². The van der Waals surface area contributed by atoms with Gasteiger partial charge in [-0.15, -0.1) is 11.6 Å². The van der Waals surface area contributed by atoms with Gasteiger partial charge in [-0.3, -0.25) is 0 Å². The molecule has 1 aromatic heterocycles. The maximum Gasteiger partial charge on any atom is 0.118 e. The number of aryl methyl sites for hydroxylation is 2. The van der Waals surface area contributed by atoms with Crippen LogP contribution in [0.1, 0.15) is 28.0 Å². The number of halogens is 1. The number of rotatable bonds is 4. The lowest BCUT2D eigenvalue weighted by Gasteiger charge is -2.09. The van der Waals surface area contributed by atoms with Gasteiger partial charge >= 0.3 is 0 Å². The average Bonchev–Trinajstić information content (AvgIpc) is 2.69. The van der Waals surface area contributed by atoms with Gasteiger partial charge in [0.1, 0.15) is 17.3 Å². The van der Waals surface area contributed by atoms with Gasteiger partial charge in [-0.25, -0.2) is 0 Å². The highest BCUT2D eigenvalue weighted by molar-refractivity contribution is 6.21. The van der Waals surface area contributed by atoms with E-state index in [0.29, 0.717) is 0 Å². The van der Waals surface area contributed by atoms with Crippen molar-refractivity contribution in [1.29, 1.82) is 0 Å². The lowest BCUT2D eigenvalue weighted by atomic mass is 10.0. The van der Waals surface area contributed by atoms with Gasteiger partial charge in [0, 0.05) is 5.56 Å². The fourth-order valence-electron chi connectivity index (χ4n) is 2.04. The summed E-state index contributed by atoms with van der Waals surface area (Å²) in [5, 5.41) is -0.0594. The first-order valence-corrected chi connectivity index (χ1v) is 6.37. The zero-order chi connectivity index (χ0) is 13.1. The average molecular weight is 265 g/mol. The van der Waals surface area contributed by atoms with Crippen molar-refractivity contribution in [2.45, 2.75) is 25.6 Å². The standard InChI is InChI=1S/C15H17ClO2/c1-10-8-14(11(2)18-10)15(16)9-12-4-6-13(17-3)7-5-12/h4-8,15H,9H2,1-3H3. The van der Waals surface area contributed by atoms with Crippen LogP contribution in [0.5, 0.6) is 5.75 Å². The summed E-state index contributed by atoms with van der Waals surface area (Å²) >= 11 is 6.44. The Labute approximate surface area is 113 Å². The molecular weight excluding hydrogens is 248 g/mol. The molecule has 0 radical (unpaired) electrons. The van der Waals surface area contributed by atoms with Gasteiger partial charge in [0.05, 0.1) is 12.5 Å². The second-order valence-corrected chi connectivity index (χ2v) is 4.92. The monoisotopic (exact) mass is 264 g/mol. The van der Waals surface area contributed by atoms with Crippen molar-refractivity contribution in [3.05, 3.63) is 53.0 Å². The summed E-state index contributed by atoms with van der Waals surface area (Å²) in [5.74, 6) is 2.67. The Kier molecular flexibility index (Phi) is 3.97. The van der Waals surface area contributed by atoms with Gasteiger partial charge in [-0.05, 0) is 44.0 Å². The molecule has 1 aromatic carbocycles. The van der Waals surface area contributed by atoms with Crippen LogP contribution in [0.3, 0.4) is 0 Å². The van der Waals surface area contributed by atoms with Gasteiger partial charge in [0.15, 0.2) is 0 Å². The smallest absolute Gasteiger partial charge is 0.118 e. The van der Waals surface area contributed by atoms with E-state index in [2.05, 4.69) is 0 Å². The van der Waals surface area contributed by atoms with Crippen LogP contribution >= 0.6 is 11.6 Å². The van der Waals surface area contributed by atoms with Crippen LogP contribution in [0, 0.1) is 13.8 Å². The molecule has 0 aliphatic heterocycles. The number of methoxy groups -OCH3 is 1. The van der Waals surface area contributed by atoms with Crippen molar-refractivity contribution in [2.75, 3.05) is 7.11 Å². The zero-order valence-electron chi connectivity index (χ0n) is 10.9. The van der Waals surface area contributed by atoms with E-state index in [1.165, 1.54) is 5.56 Å². The molecule has 0 N–H and O–H groups in total. The van der Waals surface area contributed by atoms with E-state index in [1.54, 1.807) is 7.11 Å². The molecule has 96 valence electrons. The maximum atomic E-state index is 6.44. The van der Waals surface area contributed by atoms with Crippen LogP contribution in [0.15, 0.2) is 34.7 Å². The predicted molar refractivity (Wildman–Crippen MR) is 73.5 cm³/mol. The third kappa shape index (κ3) is 2.88. The van der Waals surface area contributed by atoms with Crippen LogP contribution in [0.25, 0.3) is 0 Å². The van der Waals surface area contributed by atoms with Gasteiger partial charge in [-0.2, -0.15) is 0 Å². The Balaban J connectivity index is 2.10. The van der Waals surface area contributed by atoms with Crippen molar-refractivity contribution in [3.8, 4) is 5.75 Å². The Morgan fingerprint density at radius 2 is 1.89 bits per heavy atom. The minimum absolute atomic E-state index is 0.0594. The molecule has 0 fully saturated rings. The van der Waals surface area contributed by atoms with Gasteiger partial charge in [0.25, 0.3) is 0 Å². The van der Waals surface area contributed by atoms with E-state index < -0.39 is 0 Å². The third-order valence-electron chi connectivity index (χ3n) is 2.99. The maximum absolute atomic E-state index is 6.44. The van der Waals surface area contributed by atoms with Crippen LogP contribution in [-0.2, 0) is 6.42 Å². The summed E-state index contributed by atoms with van der Waals surface area (Å²) in [4.78, 5) is 0. The third-order valence-corrected chi connectivity index (χ3v) is 3.38. The minimum atomic E-state index is -0.0594. The molecule has 3 heteroatoms. The van der Waals surface area contributed by atoms with E-state index in [9.17, 15) is 0 Å². The Morgan fingerprint density at radius 1 is 1.22 bits per heavy atom. The fraction of sp³-hybridized carbons (Fsp3) is 0.333. The second-order valence-electron chi connectivity index (χ2n) is 4.39. The number of benzene rings is 1. The first kappa shape index (κ1) is 13.0. The van der Waals surface area contributed by atoms with E-state index in [-0.39, 0.29) is 5.38 Å². The topological polar surface area (TPSA) is 22.4 Å². The van der Waals surface area contributed by atoms with Gasteiger partial charge in [0.2, 0.25) is 0 Å². The van der Waals surface area contributed by atoms with Gasteiger partial charge in [-0.1, -0.05) is 12.1 Å². The number of furan rings is 1. The van der Waals surface area contributed by atoms with Crippen molar-refractivity contribution in [2.24, 2.45) is 0 Å². The summed E-state index contributed by atoms with van der Waals surface area (Å²) < 4.78 is 10.6. The van der Waals surface area contributed by atoms with Crippen LogP contribution in [0.2, 0.25) is 0 Å². The molecule has 0 saturated carbocycles. The zero-order valence-corrected chi connectivity index (χ0v) is 11.6. The largest absolute Gasteiger partial charge is 0.497 e. The first-order valence-electron chi connectivity index (χ1n) is 5.94. The molecule has 2 nitrogen and oxygen atoms in total. The molecule has 18 heavy (non-hydrogen) atoms. The lowest BCUT2D eigenvalue weighted by molar-refractivity contribution is 0.414. The van der Waals surface area contributed by atoms with Crippen LogP contribution in [-0.4, -0.2) is 7.11 Å². The molecule has 1 unspecified atom stereocenters. The molecule has 0 saturated heterocycles. The quantitative estimate of drug-likeness (QED) is 0.763. The molecule has 0 aliphatic rings. The molecule has 0 aliphatic carbocycles. The Morgan fingerprint density at radius 3 is 2.39 bits per heavy atom. The highest BCUT2D eigenvalue weighted by Crippen LogP contribution is 2.30. The van der Waals surface area contributed by atoms with E-state index in [1.807, 2.05) is 44.2 Å². The first-order chi connectivity index (χ1) is 8.60. The summed E-state index contributed by atoms with van der Waals surface area (Å²) in [6.07, 6.45) is 0.783. The Hall–Kier alpha value is -1.41. The molecule has 1 heterocycles. The molecule has 1 atom stereocenters. The van der Waals surface area contributed by atoms with Crippen molar-refractivity contribution in [3.63, 3.8) is 0 Å². The summed E-state index contributed by atoms with van der Waals surface area (Å²) in [6.45, 7) is 3.89. The number of ether oxygens (including phenoxy) is 1. The normalized spacial score (nSPS) is 12.4. The fourth-order valence-corrected chi connectivity index (χ4v) is 2.43. The Bertz CT molecular complexity index is 514. The molecule has 0 bridgehead atoms. The number of alkyl halides is 1. The highest BCUT2D eigenvalue weighted by atomic mass is 35.5. The van der Waals surface area contributed by atoms with Crippen molar-refractivity contribution < 1.29 is 9.15 Å². The predicted octanol–water partition coefficient (Wildman–Crippen LogP) is 4.43. The number of hydrogen-bond acceptors (Lipinski definition) is 2. The van der Waals surface area contributed by atoms with E-state index in [4.69, 9.17) is 20.8 Å². The molecule has 2 aromatic rings. The van der Waals surface area contributed by atoms with E-state index >= 15 is 0 Å². The lowest BCUT2D eigenvalue weighted by Crippen LogP contribution is -1.96. The minimum Gasteiger partial charge on any atom is -0.497 e. The summed E-state index contributed by atoms with van der Waals surface area (Å²) in [5.41, 5.74) is 2.26. The van der Waals surface area contributed by atoms with Crippen LogP contribution < -0.4 is 4.74 Å². The van der Waals surface area contributed by atoms with Crippen molar-refractivity contribution >= 4 is 11.6 Å². The molecule has 0 spiro atoms. The van der Waals surface area contributed by atoms with Crippen LogP contribution in [0.4, 0.5) is 0 Å². The highest BCUT2D eigenvalue weighted by Gasteiger charge is 2.15. The molecular formula is C15H17ClO2. The SMILES string of the molecule is COc1ccc(CC(Cl)c2cc(C)oc2C)cc1. The second kappa shape index (κ2) is 5.49. The number of hydrogen-bond donors (Lipinski definition) is 0. The molecule has 2 rings (SSSR count).